The van der Waals surface area contributed by atoms with E-state index in [9.17, 15) is 5.11 Å². The third kappa shape index (κ3) is 4.20. The molecule has 0 aliphatic carbocycles. The summed E-state index contributed by atoms with van der Waals surface area (Å²) in [5, 5.41) is 11.2. The molecule has 0 spiro atoms. The maximum absolute atomic E-state index is 10.3. The lowest BCUT2D eigenvalue weighted by Gasteiger charge is -2.21. The maximum atomic E-state index is 10.3. The second-order valence-corrected chi connectivity index (χ2v) is 6.47. The minimum Gasteiger partial charge on any atom is -0.395 e. The van der Waals surface area contributed by atoms with Gasteiger partial charge in [0.25, 0.3) is 0 Å². The van der Waals surface area contributed by atoms with Crippen LogP contribution in [0, 0.1) is 0 Å². The van der Waals surface area contributed by atoms with Gasteiger partial charge in [-0.05, 0) is 26.3 Å². The standard InChI is InChI=1S/C18H26N4O/c1-4-5-10-21-14(11-18(2,3)23)15-12-8-6-7-9-13(12)22-17(20)16(15)19/h6-9,23H,4-5,10-11,19H2,1-3H3,(H2,20,22). The monoisotopic (exact) mass is 314 g/mol. The van der Waals surface area contributed by atoms with Gasteiger partial charge in [0.15, 0.2) is 0 Å². The van der Waals surface area contributed by atoms with Gasteiger partial charge in [-0.3, -0.25) is 4.99 Å². The smallest absolute Gasteiger partial charge is 0.148 e. The van der Waals surface area contributed by atoms with Crippen molar-refractivity contribution >= 4 is 28.1 Å². The number of rotatable bonds is 6. The number of unbranched alkanes of at least 4 members (excludes halogenated alkanes) is 1. The molecular formula is C18H26N4O. The molecule has 1 heterocycles. The predicted molar refractivity (Wildman–Crippen MR) is 97.8 cm³/mol. The zero-order valence-corrected chi connectivity index (χ0v) is 14.1. The molecule has 5 heteroatoms. The number of aliphatic imine (C=N–C) groups is 1. The number of hydrogen-bond donors (Lipinski definition) is 3. The number of hydrogen-bond acceptors (Lipinski definition) is 5. The van der Waals surface area contributed by atoms with Gasteiger partial charge in [-0.25, -0.2) is 4.98 Å². The summed E-state index contributed by atoms with van der Waals surface area (Å²) in [4.78, 5) is 9.06. The van der Waals surface area contributed by atoms with Crippen LogP contribution in [0.5, 0.6) is 0 Å². The second kappa shape index (κ2) is 6.96. The highest BCUT2D eigenvalue weighted by Crippen LogP contribution is 2.30. The van der Waals surface area contributed by atoms with Crippen molar-refractivity contribution in [2.75, 3.05) is 18.0 Å². The molecule has 0 saturated carbocycles. The van der Waals surface area contributed by atoms with E-state index in [1.165, 1.54) is 0 Å². The molecule has 0 aliphatic rings. The van der Waals surface area contributed by atoms with Gasteiger partial charge in [0.2, 0.25) is 0 Å². The van der Waals surface area contributed by atoms with Crippen LogP contribution in [0.1, 0.15) is 45.6 Å². The number of anilines is 2. The normalized spacial score (nSPS) is 12.8. The van der Waals surface area contributed by atoms with Crippen molar-refractivity contribution in [3.63, 3.8) is 0 Å². The Labute approximate surface area is 137 Å². The molecule has 5 nitrogen and oxygen atoms in total. The molecule has 0 atom stereocenters. The van der Waals surface area contributed by atoms with Gasteiger partial charge in [0, 0.05) is 29.6 Å². The summed E-state index contributed by atoms with van der Waals surface area (Å²) in [6.45, 7) is 6.37. The van der Waals surface area contributed by atoms with E-state index in [2.05, 4.69) is 11.9 Å². The number of aromatic nitrogens is 1. The Kier molecular flexibility index (Phi) is 5.21. The Morgan fingerprint density at radius 3 is 2.61 bits per heavy atom. The van der Waals surface area contributed by atoms with Gasteiger partial charge < -0.3 is 16.6 Å². The quantitative estimate of drug-likeness (QED) is 0.563. The first-order valence-electron chi connectivity index (χ1n) is 8.03. The number of nitrogen functional groups attached to an aromatic ring is 2. The lowest BCUT2D eigenvalue weighted by atomic mass is 9.93. The van der Waals surface area contributed by atoms with Crippen LogP contribution >= 0.6 is 0 Å². The van der Waals surface area contributed by atoms with Crippen LogP contribution in [-0.4, -0.2) is 27.9 Å². The van der Waals surface area contributed by atoms with Gasteiger partial charge >= 0.3 is 0 Å². The molecule has 0 fully saturated rings. The minimum absolute atomic E-state index is 0.303. The van der Waals surface area contributed by atoms with E-state index in [4.69, 9.17) is 16.5 Å². The summed E-state index contributed by atoms with van der Waals surface area (Å²) in [7, 11) is 0. The van der Waals surface area contributed by atoms with Gasteiger partial charge in [0.05, 0.1) is 16.8 Å². The van der Waals surface area contributed by atoms with E-state index in [-0.39, 0.29) is 0 Å². The van der Waals surface area contributed by atoms with E-state index in [0.717, 1.165) is 35.0 Å². The molecule has 124 valence electrons. The zero-order chi connectivity index (χ0) is 17.0. The highest BCUT2D eigenvalue weighted by atomic mass is 16.3. The molecule has 1 aromatic carbocycles. The first-order chi connectivity index (χ1) is 10.8. The number of pyridine rings is 1. The Bertz CT molecular complexity index is 717. The van der Waals surface area contributed by atoms with Crippen LogP contribution < -0.4 is 11.5 Å². The average Bonchev–Trinajstić information content (AvgIpc) is 2.47. The molecule has 5 N–H and O–H groups in total. The highest BCUT2D eigenvalue weighted by molar-refractivity contribution is 6.15. The molecule has 0 bridgehead atoms. The molecule has 1 aromatic heterocycles. The van der Waals surface area contributed by atoms with Crippen LogP contribution in [0.25, 0.3) is 10.9 Å². The molecule has 0 saturated heterocycles. The fourth-order valence-electron chi connectivity index (χ4n) is 2.56. The molecule has 0 radical (unpaired) electrons. The summed E-state index contributed by atoms with van der Waals surface area (Å²) in [6.07, 6.45) is 2.47. The highest BCUT2D eigenvalue weighted by Gasteiger charge is 2.22. The predicted octanol–water partition coefficient (Wildman–Crippen LogP) is 3.15. The van der Waals surface area contributed by atoms with E-state index in [0.29, 0.717) is 24.5 Å². The SMILES string of the molecule is CCCCN=C(CC(C)(C)O)c1c(N)c(N)nc2ccccc12. The van der Waals surface area contributed by atoms with Crippen LogP contribution in [0.2, 0.25) is 0 Å². The third-order valence-corrected chi connectivity index (χ3v) is 3.66. The van der Waals surface area contributed by atoms with E-state index < -0.39 is 5.60 Å². The number of fused-ring (bicyclic) bond motifs is 1. The summed E-state index contributed by atoms with van der Waals surface area (Å²) in [6, 6.07) is 7.73. The molecule has 0 amide bonds. The topological polar surface area (TPSA) is 97.5 Å². The largest absolute Gasteiger partial charge is 0.395 e. The van der Waals surface area contributed by atoms with Crippen LogP contribution in [0.4, 0.5) is 11.5 Å². The van der Waals surface area contributed by atoms with Crippen molar-refractivity contribution in [3.05, 3.63) is 29.8 Å². The van der Waals surface area contributed by atoms with Crippen molar-refractivity contribution in [2.45, 2.75) is 45.6 Å². The minimum atomic E-state index is -0.878. The number of para-hydroxylation sites is 1. The molecule has 0 unspecified atom stereocenters. The lowest BCUT2D eigenvalue weighted by molar-refractivity contribution is 0.0887. The van der Waals surface area contributed by atoms with Gasteiger partial charge in [-0.15, -0.1) is 0 Å². The fraction of sp³-hybridized carbons (Fsp3) is 0.444. The van der Waals surface area contributed by atoms with E-state index in [1.807, 2.05) is 24.3 Å². The van der Waals surface area contributed by atoms with E-state index >= 15 is 0 Å². The maximum Gasteiger partial charge on any atom is 0.148 e. The molecule has 2 aromatic rings. The van der Waals surface area contributed by atoms with Crippen molar-refractivity contribution < 1.29 is 5.11 Å². The Morgan fingerprint density at radius 1 is 1.26 bits per heavy atom. The van der Waals surface area contributed by atoms with Crippen LogP contribution in [0.3, 0.4) is 0 Å². The zero-order valence-electron chi connectivity index (χ0n) is 14.1. The van der Waals surface area contributed by atoms with Crippen molar-refractivity contribution in [1.82, 2.24) is 4.98 Å². The molecule has 2 rings (SSSR count). The Hall–Kier alpha value is -2.14. The van der Waals surface area contributed by atoms with Gasteiger partial charge in [0.1, 0.15) is 5.82 Å². The second-order valence-electron chi connectivity index (χ2n) is 6.47. The number of aliphatic hydroxyl groups is 1. The number of benzene rings is 1. The van der Waals surface area contributed by atoms with Crippen LogP contribution in [-0.2, 0) is 0 Å². The third-order valence-electron chi connectivity index (χ3n) is 3.66. The molecular weight excluding hydrogens is 288 g/mol. The van der Waals surface area contributed by atoms with Crippen molar-refractivity contribution in [1.29, 1.82) is 0 Å². The summed E-state index contributed by atoms with van der Waals surface area (Å²) < 4.78 is 0. The lowest BCUT2D eigenvalue weighted by Crippen LogP contribution is -2.25. The molecule has 23 heavy (non-hydrogen) atoms. The number of nitrogens with two attached hydrogens (primary N) is 2. The van der Waals surface area contributed by atoms with Gasteiger partial charge in [-0.1, -0.05) is 31.5 Å². The van der Waals surface area contributed by atoms with Crippen molar-refractivity contribution in [3.8, 4) is 0 Å². The summed E-state index contributed by atoms with van der Waals surface area (Å²) in [5.74, 6) is 0.303. The Balaban J connectivity index is 2.63. The van der Waals surface area contributed by atoms with E-state index in [1.54, 1.807) is 13.8 Å². The Morgan fingerprint density at radius 2 is 1.96 bits per heavy atom. The summed E-state index contributed by atoms with van der Waals surface area (Å²) in [5.41, 5.74) is 14.1. The fourth-order valence-corrected chi connectivity index (χ4v) is 2.56. The van der Waals surface area contributed by atoms with Gasteiger partial charge in [-0.2, -0.15) is 0 Å². The summed E-state index contributed by atoms with van der Waals surface area (Å²) >= 11 is 0. The molecule has 0 aliphatic heterocycles. The average molecular weight is 314 g/mol. The number of nitrogens with zero attached hydrogens (tertiary/aromatic N) is 2. The first kappa shape index (κ1) is 17.2. The van der Waals surface area contributed by atoms with Crippen LogP contribution in [0.15, 0.2) is 29.3 Å². The first-order valence-corrected chi connectivity index (χ1v) is 8.03. The van der Waals surface area contributed by atoms with Crippen molar-refractivity contribution in [2.24, 2.45) is 4.99 Å².